The number of aryl methyl sites for hydroxylation is 1. The smallest absolute Gasteiger partial charge is 0.275 e. The molecule has 9 nitrogen and oxygen atoms in total. The highest BCUT2D eigenvalue weighted by Crippen LogP contribution is 2.35. The second-order valence-electron chi connectivity index (χ2n) is 9.63. The Morgan fingerprint density at radius 3 is 2.50 bits per heavy atom. The highest BCUT2D eigenvalue weighted by atomic mass is 16.7. The molecule has 0 radical (unpaired) electrons. The standard InChI is InChI=1S/C29H30N6O3/c1-20-27(33-29(36)24-16-30-9-10-31-24)23(28(32-20)22-5-3-2-4-6-22)18-35-13-11-34(12-14-35)17-21-7-8-25-26(15-21)38-19-37-25/h2-10,15-16,32H,11-14,17-19H2,1H3,(H,33,36). The van der Waals surface area contributed by atoms with Gasteiger partial charge in [-0.25, -0.2) is 4.98 Å². The Kier molecular flexibility index (Phi) is 6.76. The summed E-state index contributed by atoms with van der Waals surface area (Å²) in [6, 6.07) is 16.4. The monoisotopic (exact) mass is 510 g/mol. The molecule has 4 aromatic rings. The van der Waals surface area contributed by atoms with E-state index in [1.807, 2.05) is 31.2 Å². The summed E-state index contributed by atoms with van der Waals surface area (Å²) in [5.74, 6) is 1.37. The van der Waals surface area contributed by atoms with Crippen LogP contribution in [0.5, 0.6) is 11.5 Å². The zero-order valence-electron chi connectivity index (χ0n) is 21.3. The number of anilines is 1. The number of aromatic nitrogens is 3. The number of ether oxygens (including phenoxy) is 2. The van der Waals surface area contributed by atoms with Crippen LogP contribution in [0.2, 0.25) is 0 Å². The molecule has 2 aliphatic heterocycles. The van der Waals surface area contributed by atoms with Crippen molar-refractivity contribution >= 4 is 11.6 Å². The summed E-state index contributed by atoms with van der Waals surface area (Å²) in [4.78, 5) is 29.6. The van der Waals surface area contributed by atoms with Crippen LogP contribution < -0.4 is 14.8 Å². The third kappa shape index (κ3) is 5.11. The van der Waals surface area contributed by atoms with E-state index in [1.54, 1.807) is 6.20 Å². The summed E-state index contributed by atoms with van der Waals surface area (Å²) in [6.45, 7) is 7.67. The summed E-state index contributed by atoms with van der Waals surface area (Å²) in [6.07, 6.45) is 4.57. The molecular weight excluding hydrogens is 480 g/mol. The van der Waals surface area contributed by atoms with Crippen LogP contribution in [0.3, 0.4) is 0 Å². The first-order valence-electron chi connectivity index (χ1n) is 12.8. The second kappa shape index (κ2) is 10.6. The van der Waals surface area contributed by atoms with Gasteiger partial charge in [0.15, 0.2) is 11.5 Å². The number of carbonyl (C=O) groups excluding carboxylic acids is 1. The molecule has 2 aromatic carbocycles. The number of aromatic amines is 1. The van der Waals surface area contributed by atoms with E-state index in [0.717, 1.165) is 79.0 Å². The molecule has 4 heterocycles. The van der Waals surface area contributed by atoms with Crippen LogP contribution in [0.4, 0.5) is 5.69 Å². The predicted molar refractivity (Wildman–Crippen MR) is 144 cm³/mol. The van der Waals surface area contributed by atoms with Crippen LogP contribution >= 0.6 is 0 Å². The van der Waals surface area contributed by atoms with Gasteiger partial charge in [0.05, 0.1) is 17.6 Å². The lowest BCUT2D eigenvalue weighted by Crippen LogP contribution is -2.45. The zero-order chi connectivity index (χ0) is 25.9. The maximum Gasteiger partial charge on any atom is 0.275 e. The van der Waals surface area contributed by atoms with E-state index in [2.05, 4.69) is 54.3 Å². The van der Waals surface area contributed by atoms with Crippen molar-refractivity contribution in [3.05, 3.63) is 89.6 Å². The fraction of sp³-hybridized carbons (Fsp3) is 0.276. The Bertz CT molecular complexity index is 1420. The van der Waals surface area contributed by atoms with E-state index in [-0.39, 0.29) is 11.6 Å². The SMILES string of the molecule is Cc1[nH]c(-c2ccccc2)c(CN2CCN(Cc3ccc4c(c3)OCO4)CC2)c1NC(=O)c1cnccn1. The lowest BCUT2D eigenvalue weighted by Gasteiger charge is -2.35. The number of piperazine rings is 1. The molecule has 2 aliphatic rings. The molecule has 194 valence electrons. The van der Waals surface area contributed by atoms with Gasteiger partial charge in [0, 0.05) is 62.9 Å². The number of benzene rings is 2. The largest absolute Gasteiger partial charge is 0.454 e. The molecule has 1 amide bonds. The van der Waals surface area contributed by atoms with Gasteiger partial charge < -0.3 is 19.8 Å². The number of rotatable bonds is 7. The Hall–Kier alpha value is -4.21. The van der Waals surface area contributed by atoms with Crippen molar-refractivity contribution in [3.8, 4) is 22.8 Å². The maximum atomic E-state index is 13.0. The van der Waals surface area contributed by atoms with Crippen molar-refractivity contribution in [1.82, 2.24) is 24.8 Å². The minimum atomic E-state index is -0.269. The van der Waals surface area contributed by atoms with Crippen LogP contribution in [0.1, 0.15) is 27.3 Å². The third-order valence-corrected chi connectivity index (χ3v) is 7.08. The lowest BCUT2D eigenvalue weighted by molar-refractivity contribution is 0.102. The Morgan fingerprint density at radius 1 is 0.974 bits per heavy atom. The molecule has 0 spiro atoms. The summed E-state index contributed by atoms with van der Waals surface area (Å²) in [5, 5.41) is 3.10. The van der Waals surface area contributed by atoms with Gasteiger partial charge in [-0.15, -0.1) is 0 Å². The fourth-order valence-electron chi connectivity index (χ4n) is 5.08. The van der Waals surface area contributed by atoms with E-state index >= 15 is 0 Å². The molecule has 2 aromatic heterocycles. The highest BCUT2D eigenvalue weighted by molar-refractivity contribution is 6.04. The van der Waals surface area contributed by atoms with Crippen molar-refractivity contribution in [1.29, 1.82) is 0 Å². The predicted octanol–water partition coefficient (Wildman–Crippen LogP) is 4.08. The molecule has 0 atom stereocenters. The number of hydrogen-bond donors (Lipinski definition) is 2. The van der Waals surface area contributed by atoms with Crippen LogP contribution in [-0.4, -0.2) is 63.6 Å². The number of H-pyrrole nitrogens is 1. The van der Waals surface area contributed by atoms with Gasteiger partial charge in [-0.05, 0) is 30.2 Å². The van der Waals surface area contributed by atoms with Gasteiger partial charge in [-0.2, -0.15) is 0 Å². The number of amides is 1. The zero-order valence-corrected chi connectivity index (χ0v) is 21.3. The van der Waals surface area contributed by atoms with Gasteiger partial charge in [-0.1, -0.05) is 36.4 Å². The second-order valence-corrected chi connectivity index (χ2v) is 9.63. The fourth-order valence-corrected chi connectivity index (χ4v) is 5.08. The molecule has 1 saturated heterocycles. The number of nitrogens with one attached hydrogen (secondary N) is 2. The highest BCUT2D eigenvalue weighted by Gasteiger charge is 2.24. The molecule has 9 heteroatoms. The van der Waals surface area contributed by atoms with E-state index < -0.39 is 0 Å². The molecule has 1 fully saturated rings. The quantitative estimate of drug-likeness (QED) is 0.387. The van der Waals surface area contributed by atoms with Gasteiger partial charge in [-0.3, -0.25) is 19.6 Å². The minimum absolute atomic E-state index is 0.269. The van der Waals surface area contributed by atoms with Gasteiger partial charge in [0.25, 0.3) is 5.91 Å². The van der Waals surface area contributed by atoms with Gasteiger partial charge in [0.2, 0.25) is 6.79 Å². The summed E-state index contributed by atoms with van der Waals surface area (Å²) >= 11 is 0. The van der Waals surface area contributed by atoms with Crippen molar-refractivity contribution in [3.63, 3.8) is 0 Å². The minimum Gasteiger partial charge on any atom is -0.454 e. The topological polar surface area (TPSA) is 95.6 Å². The van der Waals surface area contributed by atoms with Crippen LogP contribution in [0, 0.1) is 6.92 Å². The summed E-state index contributed by atoms with van der Waals surface area (Å²) in [5.41, 5.74) is 6.43. The van der Waals surface area contributed by atoms with E-state index in [1.165, 1.54) is 18.0 Å². The van der Waals surface area contributed by atoms with Crippen LogP contribution in [0.25, 0.3) is 11.3 Å². The van der Waals surface area contributed by atoms with Crippen LogP contribution in [0.15, 0.2) is 67.1 Å². The Labute approximate surface area is 221 Å². The number of nitrogens with zero attached hydrogens (tertiary/aromatic N) is 4. The first-order chi connectivity index (χ1) is 18.6. The molecule has 6 rings (SSSR count). The number of hydrogen-bond acceptors (Lipinski definition) is 7. The average Bonchev–Trinajstić information content (AvgIpc) is 3.55. The van der Waals surface area contributed by atoms with E-state index in [0.29, 0.717) is 6.79 Å². The van der Waals surface area contributed by atoms with Gasteiger partial charge in [0.1, 0.15) is 5.69 Å². The normalized spacial score (nSPS) is 15.5. The third-order valence-electron chi connectivity index (χ3n) is 7.08. The molecule has 2 N–H and O–H groups in total. The number of carbonyl (C=O) groups is 1. The van der Waals surface area contributed by atoms with E-state index in [4.69, 9.17) is 9.47 Å². The van der Waals surface area contributed by atoms with Crippen molar-refractivity contribution in [2.75, 3.05) is 38.3 Å². The first-order valence-corrected chi connectivity index (χ1v) is 12.8. The summed E-state index contributed by atoms with van der Waals surface area (Å²) < 4.78 is 11.0. The maximum absolute atomic E-state index is 13.0. The Morgan fingerprint density at radius 2 is 1.74 bits per heavy atom. The molecule has 0 bridgehead atoms. The van der Waals surface area contributed by atoms with Crippen molar-refractivity contribution in [2.45, 2.75) is 20.0 Å². The first kappa shape index (κ1) is 24.1. The number of fused-ring (bicyclic) bond motifs is 1. The van der Waals surface area contributed by atoms with Crippen LogP contribution in [-0.2, 0) is 13.1 Å². The van der Waals surface area contributed by atoms with Crippen molar-refractivity contribution in [2.24, 2.45) is 0 Å². The summed E-state index contributed by atoms with van der Waals surface area (Å²) in [7, 11) is 0. The lowest BCUT2D eigenvalue weighted by atomic mass is 10.1. The molecule has 0 aliphatic carbocycles. The van der Waals surface area contributed by atoms with E-state index in [9.17, 15) is 4.79 Å². The molecule has 0 saturated carbocycles. The molecule has 38 heavy (non-hydrogen) atoms. The van der Waals surface area contributed by atoms with Gasteiger partial charge >= 0.3 is 0 Å². The molecule has 0 unspecified atom stereocenters. The molecular formula is C29H30N6O3. The Balaban J connectivity index is 1.18. The van der Waals surface area contributed by atoms with Crippen molar-refractivity contribution < 1.29 is 14.3 Å². The average molecular weight is 511 g/mol.